The van der Waals surface area contributed by atoms with E-state index in [1.54, 1.807) is 0 Å². The summed E-state index contributed by atoms with van der Waals surface area (Å²) in [5.41, 5.74) is 16.0. The van der Waals surface area contributed by atoms with E-state index in [1.807, 2.05) is 0 Å². The lowest BCUT2D eigenvalue weighted by molar-refractivity contribution is 0.291. The molecule has 0 saturated carbocycles. The molecule has 8 aromatic carbocycles. The highest BCUT2D eigenvalue weighted by atomic mass is 15.0. The maximum absolute atomic E-state index is 5.40. The minimum Gasteiger partial charge on any atom is -0.359 e. The molecule has 0 amide bonds. The van der Waals surface area contributed by atoms with Gasteiger partial charge >= 0.3 is 0 Å². The van der Waals surface area contributed by atoms with Crippen molar-refractivity contribution in [2.75, 3.05) is 0 Å². The van der Waals surface area contributed by atoms with Crippen molar-refractivity contribution in [1.29, 1.82) is 0 Å². The van der Waals surface area contributed by atoms with Gasteiger partial charge in [0.15, 0.2) is 0 Å². The van der Waals surface area contributed by atoms with Gasteiger partial charge in [-0.1, -0.05) is 205 Å². The highest BCUT2D eigenvalue weighted by molar-refractivity contribution is 6.17. The first kappa shape index (κ1) is 40.5. The van der Waals surface area contributed by atoms with Gasteiger partial charge in [0.25, 0.3) is 0 Å². The Hall–Kier alpha value is -7.23. The summed E-state index contributed by atoms with van der Waals surface area (Å²) in [6, 6.07) is 64.3. The van der Waals surface area contributed by atoms with Gasteiger partial charge in [-0.05, 0) is 114 Å². The number of hydrogen-bond acceptors (Lipinski definition) is 2. The number of benzene rings is 8. The summed E-state index contributed by atoms with van der Waals surface area (Å²) in [6.45, 7) is 14.1. The number of hydrogen-bond donors (Lipinski definition) is 1. The second kappa shape index (κ2) is 15.8. The highest BCUT2D eigenvalue weighted by Crippen LogP contribution is 2.44. The Morgan fingerprint density at radius 2 is 1.11 bits per heavy atom. The molecule has 3 nitrogen and oxygen atoms in total. The van der Waals surface area contributed by atoms with Crippen molar-refractivity contribution in [3.8, 4) is 27.9 Å². The number of rotatable bonds is 6. The third-order valence-corrected chi connectivity index (χ3v) is 13.9. The second-order valence-electron chi connectivity index (χ2n) is 20.1. The molecule has 0 spiro atoms. The maximum Gasteiger partial charge on any atom is 0.135 e. The molecule has 9 aromatic rings. The number of nitrogens with one attached hydrogen (secondary N) is 1. The van der Waals surface area contributed by atoms with Crippen LogP contribution >= 0.6 is 0 Å². The Balaban J connectivity index is 1.04. The summed E-state index contributed by atoms with van der Waals surface area (Å²) < 4.78 is 2.54. The lowest BCUT2D eigenvalue weighted by atomic mass is 9.74. The first-order chi connectivity index (χ1) is 31.5. The molecule has 2 heterocycles. The van der Waals surface area contributed by atoms with Crippen LogP contribution in [0.15, 0.2) is 193 Å². The van der Waals surface area contributed by atoms with E-state index in [-0.39, 0.29) is 16.9 Å². The van der Waals surface area contributed by atoms with Crippen LogP contribution in [0.4, 0.5) is 0 Å². The summed E-state index contributed by atoms with van der Waals surface area (Å²) in [6.07, 6.45) is 8.16. The molecule has 0 bridgehead atoms. The molecule has 1 N–H and O–H groups in total. The number of amidine groups is 1. The van der Waals surface area contributed by atoms with E-state index in [9.17, 15) is 0 Å². The summed E-state index contributed by atoms with van der Waals surface area (Å²) >= 11 is 0. The van der Waals surface area contributed by atoms with Gasteiger partial charge in [-0.3, -0.25) is 0 Å². The first-order valence-electron chi connectivity index (χ1n) is 23.2. The molecule has 65 heavy (non-hydrogen) atoms. The summed E-state index contributed by atoms with van der Waals surface area (Å²) in [7, 11) is 0. The van der Waals surface area contributed by atoms with Crippen LogP contribution in [0.25, 0.3) is 72.2 Å². The highest BCUT2D eigenvalue weighted by Gasteiger charge is 2.31. The predicted octanol–water partition coefficient (Wildman–Crippen LogP) is 15.9. The fraction of sp³-hybridized carbons (Fsp3) is 0.177. The fourth-order valence-corrected chi connectivity index (χ4v) is 10.2. The van der Waals surface area contributed by atoms with E-state index in [0.29, 0.717) is 5.92 Å². The molecule has 1 aliphatic heterocycles. The van der Waals surface area contributed by atoms with E-state index >= 15 is 0 Å². The maximum atomic E-state index is 5.40. The van der Waals surface area contributed by atoms with Gasteiger partial charge < -0.3 is 9.88 Å². The van der Waals surface area contributed by atoms with Crippen molar-refractivity contribution >= 4 is 50.1 Å². The lowest BCUT2D eigenvalue weighted by Crippen LogP contribution is -2.31. The van der Waals surface area contributed by atoms with Gasteiger partial charge in [-0.15, -0.1) is 0 Å². The lowest BCUT2D eigenvalue weighted by Gasteiger charge is -2.31. The first-order valence-corrected chi connectivity index (χ1v) is 23.2. The number of aromatic nitrogens is 1. The standard InChI is InChI=1S/C62H55N3/c1-61(2,3)44-29-34-58-53(37-44)54-38-45(62(4,5)6)30-35-59(54)65(58)57-36-33-50(47-22-15-16-24-51(47)57)49-31-32-52(48-23-14-13-21-46(48)49)60-63-55(42-19-11-8-12-20-42)39-56(64-60)43-27-25-41(26-28-43)40-17-9-7-10-18-40/h7-37,39,45,55H,38H2,1-6H3,(H,63,64). The molecule has 2 unspecified atom stereocenters. The van der Waals surface area contributed by atoms with Gasteiger partial charge in [-0.2, -0.15) is 0 Å². The third-order valence-electron chi connectivity index (χ3n) is 13.9. The Labute approximate surface area is 383 Å². The molecule has 2 atom stereocenters. The molecule has 2 aliphatic rings. The van der Waals surface area contributed by atoms with Gasteiger partial charge in [0.1, 0.15) is 5.84 Å². The minimum absolute atomic E-state index is 0.0489. The van der Waals surface area contributed by atoms with E-state index < -0.39 is 0 Å². The van der Waals surface area contributed by atoms with Crippen LogP contribution in [-0.2, 0) is 11.8 Å². The predicted molar refractivity (Wildman–Crippen MR) is 277 cm³/mol. The van der Waals surface area contributed by atoms with Crippen molar-refractivity contribution in [3.63, 3.8) is 0 Å². The van der Waals surface area contributed by atoms with Crippen LogP contribution < -0.4 is 5.32 Å². The average Bonchev–Trinajstić information content (AvgIpc) is 3.66. The number of nitrogens with zero attached hydrogens (tertiary/aromatic N) is 2. The molecule has 3 heteroatoms. The molecule has 0 radical (unpaired) electrons. The molecule has 11 rings (SSSR count). The zero-order chi connectivity index (χ0) is 44.5. The summed E-state index contributed by atoms with van der Waals surface area (Å²) in [5.74, 6) is 1.34. The molecule has 1 aromatic heterocycles. The second-order valence-corrected chi connectivity index (χ2v) is 20.1. The monoisotopic (exact) mass is 841 g/mol. The zero-order valence-corrected chi connectivity index (χ0v) is 38.2. The van der Waals surface area contributed by atoms with Crippen LogP contribution in [0.3, 0.4) is 0 Å². The Bertz CT molecular complexity index is 3370. The molecule has 0 fully saturated rings. The van der Waals surface area contributed by atoms with Crippen molar-refractivity contribution in [1.82, 2.24) is 9.88 Å². The van der Waals surface area contributed by atoms with Crippen molar-refractivity contribution in [2.45, 2.75) is 59.4 Å². The van der Waals surface area contributed by atoms with Crippen LogP contribution in [0.5, 0.6) is 0 Å². The molecule has 1 aliphatic carbocycles. The Kier molecular flexibility index (Phi) is 9.84. The smallest absolute Gasteiger partial charge is 0.135 e. The molecule has 318 valence electrons. The van der Waals surface area contributed by atoms with Crippen molar-refractivity contribution < 1.29 is 0 Å². The average molecular weight is 842 g/mol. The minimum atomic E-state index is -0.0489. The van der Waals surface area contributed by atoms with E-state index in [0.717, 1.165) is 34.5 Å². The molecular formula is C62H55N3. The summed E-state index contributed by atoms with van der Waals surface area (Å²) in [4.78, 5) is 5.40. The molecule has 0 saturated heterocycles. The van der Waals surface area contributed by atoms with E-state index in [1.165, 1.54) is 77.4 Å². The zero-order valence-electron chi connectivity index (χ0n) is 38.2. The van der Waals surface area contributed by atoms with Gasteiger partial charge in [0, 0.05) is 22.0 Å². The normalized spacial score (nSPS) is 16.3. The van der Waals surface area contributed by atoms with Gasteiger partial charge in [0.05, 0.1) is 22.9 Å². The largest absolute Gasteiger partial charge is 0.359 e. The van der Waals surface area contributed by atoms with E-state index in [4.69, 9.17) is 4.99 Å². The van der Waals surface area contributed by atoms with Crippen LogP contribution in [-0.4, -0.2) is 10.4 Å². The summed E-state index contributed by atoms with van der Waals surface area (Å²) in [5, 5.41) is 10.1. The van der Waals surface area contributed by atoms with E-state index in [2.05, 4.69) is 246 Å². The van der Waals surface area contributed by atoms with Crippen molar-refractivity contribution in [2.24, 2.45) is 16.3 Å². The van der Waals surface area contributed by atoms with Gasteiger partial charge in [0.2, 0.25) is 0 Å². The number of allylic oxidation sites excluding steroid dienone is 1. The van der Waals surface area contributed by atoms with Crippen molar-refractivity contribution in [3.05, 3.63) is 222 Å². The molecular weight excluding hydrogens is 787 g/mol. The van der Waals surface area contributed by atoms with Crippen LogP contribution in [0, 0.1) is 11.3 Å². The number of fused-ring (bicyclic) bond motifs is 5. The van der Waals surface area contributed by atoms with Crippen LogP contribution in [0.1, 0.15) is 81.1 Å². The van der Waals surface area contributed by atoms with Crippen LogP contribution in [0.2, 0.25) is 0 Å². The third kappa shape index (κ3) is 7.30. The Morgan fingerprint density at radius 3 is 1.78 bits per heavy atom. The SMILES string of the molecule is CC(C)(C)c1ccc2c(c1)c1c(n2-c2ccc(-c3ccc(C4=NC(c5ccc(-c6ccccc6)cc5)=CC(c5ccccc5)N4)c4ccccc34)c3ccccc23)C=CC(C(C)(C)C)C1. The Morgan fingerprint density at radius 1 is 0.538 bits per heavy atom. The topological polar surface area (TPSA) is 29.3 Å². The number of aliphatic imine (C=N–C) groups is 1. The quantitative estimate of drug-likeness (QED) is 0.178. The van der Waals surface area contributed by atoms with Gasteiger partial charge in [-0.25, -0.2) is 4.99 Å². The fourth-order valence-electron chi connectivity index (χ4n) is 10.2.